The number of hydrogen-bond acceptors (Lipinski definition) is 3. The molecule has 0 radical (unpaired) electrons. The predicted molar refractivity (Wildman–Crippen MR) is 65.5 cm³/mol. The summed E-state index contributed by atoms with van der Waals surface area (Å²) in [5.74, 6) is 0. The van der Waals surface area contributed by atoms with Crippen LogP contribution in [-0.4, -0.2) is 15.9 Å². The van der Waals surface area contributed by atoms with Crippen LogP contribution in [0.1, 0.15) is 0 Å². The number of aryl methyl sites for hydroxylation is 1. The molecule has 0 bridgehead atoms. The van der Waals surface area contributed by atoms with Gasteiger partial charge in [0.05, 0.1) is 17.7 Å². The molecule has 0 aliphatic carbocycles. The van der Waals surface area contributed by atoms with Crippen molar-refractivity contribution in [3.8, 4) is 17.5 Å². The number of hydrogen-bond donors (Lipinski definition) is 1. The van der Waals surface area contributed by atoms with Crippen LogP contribution < -0.4 is 5.32 Å². The number of aliphatic imine (C=N–C) groups is 1. The summed E-state index contributed by atoms with van der Waals surface area (Å²) >= 11 is 0. The maximum Gasteiger partial charge on any atom is 0.182 e. The second-order valence-corrected chi connectivity index (χ2v) is 3.49. The zero-order valence-electron chi connectivity index (χ0n) is 9.33. The molecule has 2 rings (SSSR count). The smallest absolute Gasteiger partial charge is 0.182 e. The van der Waals surface area contributed by atoms with Gasteiger partial charge in [0.25, 0.3) is 0 Å². The Balaban J connectivity index is 2.16. The molecule has 84 valence electrons. The van der Waals surface area contributed by atoms with Crippen LogP contribution in [0.25, 0.3) is 11.3 Å². The summed E-state index contributed by atoms with van der Waals surface area (Å²) in [4.78, 5) is 8.31. The van der Waals surface area contributed by atoms with Crippen LogP contribution in [-0.2, 0) is 7.05 Å². The normalized spacial score (nSPS) is 10.4. The van der Waals surface area contributed by atoms with Gasteiger partial charge in [0, 0.05) is 18.8 Å². The van der Waals surface area contributed by atoms with Gasteiger partial charge >= 0.3 is 0 Å². The molecule has 0 fully saturated rings. The minimum absolute atomic E-state index is 0.785. The van der Waals surface area contributed by atoms with E-state index in [0.29, 0.717) is 0 Å². The van der Waals surface area contributed by atoms with Gasteiger partial charge in [-0.3, -0.25) is 5.32 Å². The van der Waals surface area contributed by atoms with E-state index in [2.05, 4.69) is 15.3 Å². The molecule has 5 nitrogen and oxygen atoms in total. The monoisotopic (exact) mass is 225 g/mol. The van der Waals surface area contributed by atoms with E-state index in [1.54, 1.807) is 12.5 Å². The summed E-state index contributed by atoms with van der Waals surface area (Å²) in [6.07, 6.45) is 6.84. The SMILES string of the molecule is Cn1cnc(-c2ccc(N=CNC#N)cc2)c1. The van der Waals surface area contributed by atoms with E-state index in [4.69, 9.17) is 5.26 Å². The van der Waals surface area contributed by atoms with Crippen molar-refractivity contribution >= 4 is 12.0 Å². The molecule has 0 spiro atoms. The topological polar surface area (TPSA) is 66.0 Å². The first kappa shape index (κ1) is 10.9. The highest BCUT2D eigenvalue weighted by Gasteiger charge is 1.99. The van der Waals surface area contributed by atoms with E-state index >= 15 is 0 Å². The standard InChI is InChI=1S/C12H11N5/c1-17-6-12(16-9-17)10-2-4-11(5-3-10)15-8-14-7-13/h2-6,8-9H,1H3,(H,14,15). The molecule has 1 aromatic heterocycles. The van der Waals surface area contributed by atoms with Crippen molar-refractivity contribution in [1.82, 2.24) is 14.9 Å². The van der Waals surface area contributed by atoms with Crippen molar-refractivity contribution in [2.45, 2.75) is 0 Å². The lowest BCUT2D eigenvalue weighted by Crippen LogP contribution is -1.98. The summed E-state index contributed by atoms with van der Waals surface area (Å²) in [5.41, 5.74) is 2.75. The van der Waals surface area contributed by atoms with Crippen molar-refractivity contribution in [2.75, 3.05) is 0 Å². The molecule has 0 saturated carbocycles. The number of imidazole rings is 1. The number of rotatable bonds is 3. The number of aromatic nitrogens is 2. The van der Waals surface area contributed by atoms with Crippen LogP contribution in [0.3, 0.4) is 0 Å². The van der Waals surface area contributed by atoms with Crippen molar-refractivity contribution in [2.24, 2.45) is 12.0 Å². The van der Waals surface area contributed by atoms with Crippen LogP contribution in [0.4, 0.5) is 5.69 Å². The van der Waals surface area contributed by atoms with E-state index in [0.717, 1.165) is 16.9 Å². The molecule has 0 aliphatic heterocycles. The van der Waals surface area contributed by atoms with Crippen LogP contribution >= 0.6 is 0 Å². The van der Waals surface area contributed by atoms with Crippen LogP contribution in [0.5, 0.6) is 0 Å². The number of benzene rings is 1. The van der Waals surface area contributed by atoms with Crippen LogP contribution in [0.15, 0.2) is 41.8 Å². The highest BCUT2D eigenvalue weighted by atomic mass is 15.0. The molecule has 0 amide bonds. The lowest BCUT2D eigenvalue weighted by molar-refractivity contribution is 0.913. The first-order valence-electron chi connectivity index (χ1n) is 5.05. The van der Waals surface area contributed by atoms with Crippen molar-refractivity contribution < 1.29 is 0 Å². The Hall–Kier alpha value is -2.61. The third-order valence-corrected chi connectivity index (χ3v) is 2.21. The second kappa shape index (κ2) is 4.94. The largest absolute Gasteiger partial charge is 0.340 e. The summed E-state index contributed by atoms with van der Waals surface area (Å²) in [6, 6.07) is 7.64. The van der Waals surface area contributed by atoms with E-state index < -0.39 is 0 Å². The quantitative estimate of drug-likeness (QED) is 0.375. The number of nitriles is 1. The Kier molecular flexibility index (Phi) is 3.17. The van der Waals surface area contributed by atoms with Gasteiger partial charge in [-0.1, -0.05) is 12.1 Å². The Labute approximate surface area is 99.1 Å². The fourth-order valence-corrected chi connectivity index (χ4v) is 1.42. The first-order valence-corrected chi connectivity index (χ1v) is 5.05. The lowest BCUT2D eigenvalue weighted by Gasteiger charge is -1.97. The van der Waals surface area contributed by atoms with Gasteiger partial charge in [-0.05, 0) is 12.1 Å². The molecule has 17 heavy (non-hydrogen) atoms. The van der Waals surface area contributed by atoms with Gasteiger partial charge in [0.2, 0.25) is 0 Å². The minimum Gasteiger partial charge on any atom is -0.340 e. The molecular weight excluding hydrogens is 214 g/mol. The first-order chi connectivity index (χ1) is 8.29. The minimum atomic E-state index is 0.785. The van der Waals surface area contributed by atoms with E-state index in [1.807, 2.05) is 42.1 Å². The Bertz CT molecular complexity index is 559. The molecule has 0 unspecified atom stereocenters. The second-order valence-electron chi connectivity index (χ2n) is 3.49. The number of nitrogens with zero attached hydrogens (tertiary/aromatic N) is 4. The van der Waals surface area contributed by atoms with Crippen molar-refractivity contribution in [1.29, 1.82) is 5.26 Å². The van der Waals surface area contributed by atoms with Crippen molar-refractivity contribution in [3.63, 3.8) is 0 Å². The summed E-state index contributed by atoms with van der Waals surface area (Å²) < 4.78 is 1.90. The van der Waals surface area contributed by atoms with Gasteiger partial charge in [-0.25, -0.2) is 9.98 Å². The Morgan fingerprint density at radius 2 is 2.18 bits per heavy atom. The Morgan fingerprint density at radius 1 is 1.41 bits per heavy atom. The van der Waals surface area contributed by atoms with E-state index in [9.17, 15) is 0 Å². The lowest BCUT2D eigenvalue weighted by atomic mass is 10.1. The molecule has 1 heterocycles. The van der Waals surface area contributed by atoms with Gasteiger partial charge < -0.3 is 4.57 Å². The van der Waals surface area contributed by atoms with Gasteiger partial charge in [-0.2, -0.15) is 5.26 Å². The maximum atomic E-state index is 8.28. The van der Waals surface area contributed by atoms with Gasteiger partial charge in [0.15, 0.2) is 6.19 Å². The molecule has 5 heteroatoms. The van der Waals surface area contributed by atoms with Crippen molar-refractivity contribution in [3.05, 3.63) is 36.8 Å². The fraction of sp³-hybridized carbons (Fsp3) is 0.0833. The zero-order valence-corrected chi connectivity index (χ0v) is 9.33. The third kappa shape index (κ3) is 2.69. The summed E-state index contributed by atoms with van der Waals surface area (Å²) in [5, 5.41) is 10.6. The maximum absolute atomic E-state index is 8.28. The average molecular weight is 225 g/mol. The van der Waals surface area contributed by atoms with Gasteiger partial charge in [0.1, 0.15) is 6.34 Å². The van der Waals surface area contributed by atoms with Crippen LogP contribution in [0.2, 0.25) is 0 Å². The average Bonchev–Trinajstić information content (AvgIpc) is 2.77. The Morgan fingerprint density at radius 3 is 2.76 bits per heavy atom. The molecule has 1 N–H and O–H groups in total. The molecule has 1 aromatic carbocycles. The molecular formula is C12H11N5. The van der Waals surface area contributed by atoms with E-state index in [1.165, 1.54) is 6.34 Å². The highest BCUT2D eigenvalue weighted by Crippen LogP contribution is 2.20. The molecule has 0 saturated heterocycles. The number of nitrogens with one attached hydrogen (secondary N) is 1. The zero-order chi connectivity index (χ0) is 12.1. The molecule has 2 aromatic rings. The molecule has 0 atom stereocenters. The summed E-state index contributed by atoms with van der Waals surface area (Å²) in [6.45, 7) is 0. The fourth-order valence-electron chi connectivity index (χ4n) is 1.42. The van der Waals surface area contributed by atoms with Gasteiger partial charge in [-0.15, -0.1) is 0 Å². The predicted octanol–water partition coefficient (Wildman–Crippen LogP) is 1.82. The summed E-state index contributed by atoms with van der Waals surface area (Å²) in [7, 11) is 1.93. The third-order valence-electron chi connectivity index (χ3n) is 2.21. The van der Waals surface area contributed by atoms with Crippen LogP contribution in [0, 0.1) is 11.5 Å². The van der Waals surface area contributed by atoms with E-state index in [-0.39, 0.29) is 0 Å². The highest BCUT2D eigenvalue weighted by molar-refractivity contribution is 5.65. The molecule has 0 aliphatic rings.